The summed E-state index contributed by atoms with van der Waals surface area (Å²) in [5, 5.41) is 3.61. The Kier molecular flexibility index (Phi) is 3.51. The average molecular weight is 241 g/mol. The second-order valence-corrected chi connectivity index (χ2v) is 6.04. The monoisotopic (exact) mass is 241 g/mol. The molecule has 2 saturated carbocycles. The van der Waals surface area contributed by atoms with Crippen LogP contribution in [0.5, 0.6) is 0 Å². The Morgan fingerprint density at radius 1 is 1.17 bits per heavy atom. The fourth-order valence-electron chi connectivity index (χ4n) is 3.81. The summed E-state index contributed by atoms with van der Waals surface area (Å²) in [5.41, 5.74) is 2.47. The summed E-state index contributed by atoms with van der Waals surface area (Å²) < 4.78 is 0. The molecule has 2 fully saturated rings. The molecule has 0 amide bonds. The van der Waals surface area contributed by atoms with Crippen molar-refractivity contribution in [2.24, 2.45) is 17.8 Å². The van der Waals surface area contributed by atoms with Gasteiger partial charge in [0.1, 0.15) is 0 Å². The Morgan fingerprint density at radius 2 is 2.00 bits per heavy atom. The van der Waals surface area contributed by atoms with Crippen LogP contribution in [0, 0.1) is 17.8 Å². The number of rotatable bonds is 5. The summed E-state index contributed by atoms with van der Waals surface area (Å²) in [7, 11) is 0. The van der Waals surface area contributed by atoms with Gasteiger partial charge in [0.15, 0.2) is 0 Å². The van der Waals surface area contributed by atoms with Gasteiger partial charge in [-0.1, -0.05) is 43.3 Å². The molecule has 18 heavy (non-hydrogen) atoms. The van der Waals surface area contributed by atoms with Gasteiger partial charge in [-0.05, 0) is 54.7 Å². The Labute approximate surface area is 110 Å². The summed E-state index contributed by atoms with van der Waals surface area (Å²) in [6.45, 7) is 6.29. The van der Waals surface area contributed by atoms with Crippen molar-refractivity contribution in [2.45, 2.75) is 25.7 Å². The van der Waals surface area contributed by atoms with Crippen LogP contribution in [0.1, 0.15) is 31.2 Å². The predicted molar refractivity (Wildman–Crippen MR) is 77.3 cm³/mol. The third-order valence-electron chi connectivity index (χ3n) is 4.81. The molecule has 1 N–H and O–H groups in total. The highest BCUT2D eigenvalue weighted by Crippen LogP contribution is 2.47. The van der Waals surface area contributed by atoms with E-state index in [2.05, 4.69) is 42.2 Å². The van der Waals surface area contributed by atoms with Crippen molar-refractivity contribution in [3.63, 3.8) is 0 Å². The van der Waals surface area contributed by atoms with Gasteiger partial charge in [0.25, 0.3) is 0 Å². The van der Waals surface area contributed by atoms with Crippen LogP contribution in [0.25, 0.3) is 5.57 Å². The molecule has 1 heteroatoms. The van der Waals surface area contributed by atoms with E-state index in [9.17, 15) is 0 Å². The van der Waals surface area contributed by atoms with Crippen LogP contribution >= 0.6 is 0 Å². The molecule has 3 unspecified atom stereocenters. The lowest BCUT2D eigenvalue weighted by Crippen LogP contribution is -2.27. The first kappa shape index (κ1) is 12.0. The predicted octanol–water partition coefficient (Wildman–Crippen LogP) is 3.73. The molecule has 2 aliphatic rings. The van der Waals surface area contributed by atoms with E-state index >= 15 is 0 Å². The van der Waals surface area contributed by atoms with E-state index in [0.717, 1.165) is 24.3 Å². The molecule has 1 aromatic rings. The van der Waals surface area contributed by atoms with Crippen molar-refractivity contribution in [2.75, 3.05) is 13.1 Å². The lowest BCUT2D eigenvalue weighted by atomic mass is 9.89. The lowest BCUT2D eigenvalue weighted by molar-refractivity contribution is 0.323. The first-order chi connectivity index (χ1) is 8.83. The van der Waals surface area contributed by atoms with Crippen LogP contribution in [-0.2, 0) is 0 Å². The molecule has 0 saturated heterocycles. The van der Waals surface area contributed by atoms with E-state index in [-0.39, 0.29) is 0 Å². The van der Waals surface area contributed by atoms with Crippen LogP contribution in [0.3, 0.4) is 0 Å². The van der Waals surface area contributed by atoms with Crippen LogP contribution in [0.4, 0.5) is 0 Å². The number of hydrogen-bond donors (Lipinski definition) is 1. The van der Waals surface area contributed by atoms with Gasteiger partial charge in [-0.2, -0.15) is 0 Å². The normalized spacial score (nSPS) is 29.7. The highest BCUT2D eigenvalue weighted by molar-refractivity contribution is 5.64. The number of hydrogen-bond acceptors (Lipinski definition) is 1. The second-order valence-electron chi connectivity index (χ2n) is 6.04. The Morgan fingerprint density at radius 3 is 2.67 bits per heavy atom. The summed E-state index contributed by atoms with van der Waals surface area (Å²) >= 11 is 0. The van der Waals surface area contributed by atoms with Gasteiger partial charge in [-0.15, -0.1) is 0 Å². The van der Waals surface area contributed by atoms with Crippen LogP contribution in [0.15, 0.2) is 36.9 Å². The van der Waals surface area contributed by atoms with E-state index in [1.165, 1.54) is 43.4 Å². The molecule has 3 rings (SSSR count). The van der Waals surface area contributed by atoms with Gasteiger partial charge in [0, 0.05) is 6.54 Å². The maximum absolute atomic E-state index is 4.17. The molecule has 0 aliphatic heterocycles. The molecule has 1 aromatic carbocycles. The lowest BCUT2D eigenvalue weighted by Gasteiger charge is -2.22. The van der Waals surface area contributed by atoms with Gasteiger partial charge in [-0.3, -0.25) is 0 Å². The summed E-state index contributed by atoms with van der Waals surface area (Å²) in [6.07, 6.45) is 5.95. The topological polar surface area (TPSA) is 12.0 Å². The van der Waals surface area contributed by atoms with Crippen molar-refractivity contribution < 1.29 is 0 Å². The van der Waals surface area contributed by atoms with Crippen molar-refractivity contribution in [3.8, 4) is 0 Å². The van der Waals surface area contributed by atoms with E-state index in [0.29, 0.717) is 0 Å². The van der Waals surface area contributed by atoms with Gasteiger partial charge in [0.05, 0.1) is 0 Å². The van der Waals surface area contributed by atoms with Gasteiger partial charge in [-0.25, -0.2) is 0 Å². The highest BCUT2D eigenvalue weighted by atomic mass is 14.9. The molecule has 1 nitrogen and oxygen atoms in total. The molecule has 2 bridgehead atoms. The smallest absolute Gasteiger partial charge is 0.0205 e. The zero-order valence-electron chi connectivity index (χ0n) is 11.1. The summed E-state index contributed by atoms with van der Waals surface area (Å²) in [6, 6.07) is 10.5. The third kappa shape index (κ3) is 2.51. The third-order valence-corrected chi connectivity index (χ3v) is 4.81. The largest absolute Gasteiger partial charge is 0.312 e. The molecule has 0 radical (unpaired) electrons. The van der Waals surface area contributed by atoms with Gasteiger partial charge >= 0.3 is 0 Å². The minimum atomic E-state index is 0.928. The van der Waals surface area contributed by atoms with E-state index in [1.54, 1.807) is 0 Å². The van der Waals surface area contributed by atoms with Crippen LogP contribution in [-0.4, -0.2) is 13.1 Å². The molecular formula is C17H23N. The molecule has 0 spiro atoms. The van der Waals surface area contributed by atoms with Crippen LogP contribution in [0.2, 0.25) is 0 Å². The fourth-order valence-corrected chi connectivity index (χ4v) is 3.81. The Bertz CT molecular complexity index is 409. The SMILES string of the molecule is C=C(CNCC1CC2CCC1C2)c1ccccc1. The second kappa shape index (κ2) is 5.27. The first-order valence-electron chi connectivity index (χ1n) is 7.27. The average Bonchev–Trinajstić information content (AvgIpc) is 3.02. The Hall–Kier alpha value is -1.08. The zero-order chi connectivity index (χ0) is 12.4. The van der Waals surface area contributed by atoms with E-state index in [4.69, 9.17) is 0 Å². The molecule has 0 aromatic heterocycles. The van der Waals surface area contributed by atoms with Crippen molar-refractivity contribution in [1.29, 1.82) is 0 Å². The highest BCUT2D eigenvalue weighted by Gasteiger charge is 2.38. The molecule has 96 valence electrons. The van der Waals surface area contributed by atoms with Crippen LogP contribution < -0.4 is 5.32 Å². The molecule has 0 heterocycles. The van der Waals surface area contributed by atoms with E-state index < -0.39 is 0 Å². The van der Waals surface area contributed by atoms with Gasteiger partial charge in [0.2, 0.25) is 0 Å². The van der Waals surface area contributed by atoms with Crippen molar-refractivity contribution in [3.05, 3.63) is 42.5 Å². The Balaban J connectivity index is 1.44. The molecule has 3 atom stereocenters. The first-order valence-corrected chi connectivity index (χ1v) is 7.27. The fraction of sp³-hybridized carbons (Fsp3) is 0.529. The van der Waals surface area contributed by atoms with Gasteiger partial charge < -0.3 is 5.32 Å². The summed E-state index contributed by atoms with van der Waals surface area (Å²) in [4.78, 5) is 0. The number of nitrogens with one attached hydrogen (secondary N) is 1. The quantitative estimate of drug-likeness (QED) is 0.828. The standard InChI is InChI=1S/C17H23N/c1-13(15-5-3-2-4-6-15)11-18-12-17-10-14-7-8-16(17)9-14/h2-6,14,16-18H,1,7-12H2. The zero-order valence-corrected chi connectivity index (χ0v) is 11.1. The number of benzene rings is 1. The molecule has 2 aliphatic carbocycles. The maximum atomic E-state index is 4.17. The minimum absolute atomic E-state index is 0.928. The summed E-state index contributed by atoms with van der Waals surface area (Å²) in [5.74, 6) is 3.01. The number of fused-ring (bicyclic) bond motifs is 2. The minimum Gasteiger partial charge on any atom is -0.312 e. The maximum Gasteiger partial charge on any atom is 0.0205 e. The van der Waals surface area contributed by atoms with Crippen molar-refractivity contribution in [1.82, 2.24) is 5.32 Å². The van der Waals surface area contributed by atoms with Crippen molar-refractivity contribution >= 4 is 5.57 Å². The molecular weight excluding hydrogens is 218 g/mol. The van der Waals surface area contributed by atoms with E-state index in [1.807, 2.05) is 0 Å².